The summed E-state index contributed by atoms with van der Waals surface area (Å²) in [4.78, 5) is 0. The first kappa shape index (κ1) is 16.3. The van der Waals surface area contributed by atoms with Crippen LogP contribution in [-0.2, 0) is 14.6 Å². The van der Waals surface area contributed by atoms with Crippen LogP contribution in [0.5, 0.6) is 0 Å². The van der Waals surface area contributed by atoms with E-state index in [1.165, 1.54) is 11.1 Å². The zero-order valence-electron chi connectivity index (χ0n) is 14.2. The Hall–Kier alpha value is -1.06. The Bertz CT molecular complexity index is 503. The van der Waals surface area contributed by atoms with Crippen LogP contribution in [0, 0.1) is 6.92 Å². The van der Waals surface area contributed by atoms with E-state index in [2.05, 4.69) is 72.4 Å². The van der Waals surface area contributed by atoms with Crippen molar-refractivity contribution >= 4 is 7.12 Å². The second-order valence-electron chi connectivity index (χ2n) is 7.36. The first-order valence-electron chi connectivity index (χ1n) is 7.66. The standard InChI is InChI=1S/C18H27BO2/c1-8-13-18(7,15-11-9-14(2)10-12-15)19-20-16(3,4)17(5,6)21-19/h8-12H,1,13H2,2-7H3/t18-/m1/s1. The smallest absolute Gasteiger partial charge is 0.403 e. The molecule has 0 bridgehead atoms. The first-order chi connectivity index (χ1) is 9.62. The van der Waals surface area contributed by atoms with E-state index in [1.807, 2.05) is 6.08 Å². The third-order valence-electron chi connectivity index (χ3n) is 5.05. The summed E-state index contributed by atoms with van der Waals surface area (Å²) in [7, 11) is -0.275. The Kier molecular flexibility index (Phi) is 4.11. The van der Waals surface area contributed by atoms with Gasteiger partial charge in [0, 0.05) is 5.31 Å². The van der Waals surface area contributed by atoms with Crippen molar-refractivity contribution in [1.29, 1.82) is 0 Å². The van der Waals surface area contributed by atoms with Gasteiger partial charge >= 0.3 is 7.12 Å². The molecule has 1 heterocycles. The number of hydrogen-bond donors (Lipinski definition) is 0. The summed E-state index contributed by atoms with van der Waals surface area (Å²) in [6.07, 6.45) is 2.76. The van der Waals surface area contributed by atoms with Gasteiger partial charge in [0.05, 0.1) is 11.2 Å². The lowest BCUT2D eigenvalue weighted by molar-refractivity contribution is 0.00578. The molecule has 1 atom stereocenters. The van der Waals surface area contributed by atoms with E-state index in [4.69, 9.17) is 9.31 Å². The monoisotopic (exact) mass is 286 g/mol. The normalized spacial score (nSPS) is 22.9. The van der Waals surface area contributed by atoms with Crippen LogP contribution in [0.25, 0.3) is 0 Å². The quantitative estimate of drug-likeness (QED) is 0.601. The summed E-state index contributed by atoms with van der Waals surface area (Å²) in [5, 5.41) is -0.236. The van der Waals surface area contributed by atoms with Crippen LogP contribution >= 0.6 is 0 Å². The van der Waals surface area contributed by atoms with Gasteiger partial charge in [-0.15, -0.1) is 6.58 Å². The van der Waals surface area contributed by atoms with Crippen LogP contribution in [0.2, 0.25) is 0 Å². The van der Waals surface area contributed by atoms with Crippen molar-refractivity contribution in [1.82, 2.24) is 0 Å². The maximum absolute atomic E-state index is 6.30. The Labute approximate surface area is 129 Å². The molecule has 0 N–H and O–H groups in total. The molecule has 1 aliphatic heterocycles. The number of benzene rings is 1. The van der Waals surface area contributed by atoms with Crippen molar-refractivity contribution in [3.05, 3.63) is 48.0 Å². The Morgan fingerprint density at radius 2 is 1.57 bits per heavy atom. The van der Waals surface area contributed by atoms with Crippen LogP contribution < -0.4 is 0 Å². The second kappa shape index (κ2) is 5.29. The van der Waals surface area contributed by atoms with Gasteiger partial charge in [-0.05, 0) is 46.6 Å². The van der Waals surface area contributed by atoms with E-state index in [0.29, 0.717) is 0 Å². The summed E-state index contributed by atoms with van der Waals surface area (Å²) >= 11 is 0. The van der Waals surface area contributed by atoms with Crippen molar-refractivity contribution in [2.24, 2.45) is 0 Å². The molecular formula is C18H27BO2. The fourth-order valence-electron chi connectivity index (χ4n) is 2.69. The topological polar surface area (TPSA) is 18.5 Å². The molecule has 0 aliphatic carbocycles. The zero-order valence-corrected chi connectivity index (χ0v) is 14.2. The molecule has 3 heteroatoms. The molecule has 0 spiro atoms. The van der Waals surface area contributed by atoms with Gasteiger partial charge in [-0.25, -0.2) is 0 Å². The van der Waals surface area contributed by atoms with Crippen molar-refractivity contribution in [2.75, 3.05) is 0 Å². The average Bonchev–Trinajstić information content (AvgIpc) is 2.60. The third kappa shape index (κ3) is 2.82. The van der Waals surface area contributed by atoms with Gasteiger partial charge in [0.15, 0.2) is 0 Å². The highest BCUT2D eigenvalue weighted by atomic mass is 16.7. The van der Waals surface area contributed by atoms with Crippen LogP contribution in [0.1, 0.15) is 52.2 Å². The molecule has 1 aromatic carbocycles. The van der Waals surface area contributed by atoms with Gasteiger partial charge in [0.1, 0.15) is 0 Å². The Balaban J connectivity index is 2.40. The average molecular weight is 286 g/mol. The molecule has 1 aromatic rings. The lowest BCUT2D eigenvalue weighted by Gasteiger charge is -2.32. The lowest BCUT2D eigenvalue weighted by atomic mass is 9.53. The Morgan fingerprint density at radius 1 is 1.10 bits per heavy atom. The maximum atomic E-state index is 6.30. The maximum Gasteiger partial charge on any atom is 0.469 e. The molecule has 0 unspecified atom stereocenters. The molecular weight excluding hydrogens is 259 g/mol. The van der Waals surface area contributed by atoms with Gasteiger partial charge in [-0.3, -0.25) is 0 Å². The van der Waals surface area contributed by atoms with Gasteiger partial charge in [0.25, 0.3) is 0 Å². The summed E-state index contributed by atoms with van der Waals surface area (Å²) < 4.78 is 12.6. The van der Waals surface area contributed by atoms with Gasteiger partial charge in [0.2, 0.25) is 0 Å². The Morgan fingerprint density at radius 3 is 2.00 bits per heavy atom. The van der Waals surface area contributed by atoms with E-state index in [1.54, 1.807) is 0 Å². The fourth-order valence-corrected chi connectivity index (χ4v) is 2.69. The molecule has 0 radical (unpaired) electrons. The van der Waals surface area contributed by atoms with Crippen molar-refractivity contribution < 1.29 is 9.31 Å². The minimum Gasteiger partial charge on any atom is -0.403 e. The van der Waals surface area contributed by atoms with Crippen LogP contribution in [0.4, 0.5) is 0 Å². The summed E-state index contributed by atoms with van der Waals surface area (Å²) in [5.74, 6) is 0. The predicted octanol–water partition coefficient (Wildman–Crippen LogP) is 4.46. The number of rotatable bonds is 4. The van der Waals surface area contributed by atoms with Crippen molar-refractivity contribution in [3.63, 3.8) is 0 Å². The highest BCUT2D eigenvalue weighted by Gasteiger charge is 2.57. The summed E-state index contributed by atoms with van der Waals surface area (Å²) in [5.41, 5.74) is 1.86. The molecule has 21 heavy (non-hydrogen) atoms. The van der Waals surface area contributed by atoms with Crippen LogP contribution in [0.15, 0.2) is 36.9 Å². The zero-order chi connectivity index (χ0) is 15.9. The van der Waals surface area contributed by atoms with Crippen molar-refractivity contribution in [2.45, 2.75) is 64.5 Å². The molecule has 114 valence electrons. The van der Waals surface area contributed by atoms with Crippen molar-refractivity contribution in [3.8, 4) is 0 Å². The number of aryl methyl sites for hydroxylation is 1. The van der Waals surface area contributed by atoms with Gasteiger partial charge in [-0.1, -0.05) is 42.8 Å². The third-order valence-corrected chi connectivity index (χ3v) is 5.05. The number of hydrogen-bond acceptors (Lipinski definition) is 2. The second-order valence-corrected chi connectivity index (χ2v) is 7.36. The SMILES string of the molecule is C=CC[C@@](C)(B1OC(C)(C)C(C)(C)O1)c1ccc(C)cc1. The number of allylic oxidation sites excluding steroid dienone is 1. The minimum absolute atomic E-state index is 0.236. The first-order valence-corrected chi connectivity index (χ1v) is 7.66. The lowest BCUT2D eigenvalue weighted by Crippen LogP contribution is -2.43. The van der Waals surface area contributed by atoms with E-state index >= 15 is 0 Å². The van der Waals surface area contributed by atoms with E-state index in [0.717, 1.165) is 6.42 Å². The molecule has 2 rings (SSSR count). The molecule has 2 nitrogen and oxygen atoms in total. The van der Waals surface area contributed by atoms with Gasteiger partial charge < -0.3 is 9.31 Å². The summed E-state index contributed by atoms with van der Waals surface area (Å²) in [6.45, 7) is 16.6. The molecule has 0 aromatic heterocycles. The largest absolute Gasteiger partial charge is 0.469 e. The minimum atomic E-state index is -0.315. The molecule has 1 saturated heterocycles. The molecule has 1 aliphatic rings. The summed E-state index contributed by atoms with van der Waals surface area (Å²) in [6, 6.07) is 8.62. The van der Waals surface area contributed by atoms with Crippen LogP contribution in [0.3, 0.4) is 0 Å². The molecule has 0 saturated carbocycles. The van der Waals surface area contributed by atoms with E-state index < -0.39 is 0 Å². The fraction of sp³-hybridized carbons (Fsp3) is 0.556. The highest BCUT2D eigenvalue weighted by Crippen LogP contribution is 2.44. The van der Waals surface area contributed by atoms with E-state index in [-0.39, 0.29) is 23.6 Å². The van der Waals surface area contributed by atoms with E-state index in [9.17, 15) is 0 Å². The predicted molar refractivity (Wildman–Crippen MR) is 89.4 cm³/mol. The van der Waals surface area contributed by atoms with Gasteiger partial charge in [-0.2, -0.15) is 0 Å². The molecule has 1 fully saturated rings. The molecule has 0 amide bonds. The highest BCUT2D eigenvalue weighted by molar-refractivity contribution is 6.49. The van der Waals surface area contributed by atoms with Crippen LogP contribution in [-0.4, -0.2) is 18.3 Å².